The molecule has 2 heterocycles. The van der Waals surface area contributed by atoms with Crippen LogP contribution in [-0.4, -0.2) is 57.0 Å². The summed E-state index contributed by atoms with van der Waals surface area (Å²) < 4.78 is 16.9. The maximum absolute atomic E-state index is 13.5. The van der Waals surface area contributed by atoms with Crippen molar-refractivity contribution in [2.24, 2.45) is 0 Å². The molecular formula is C29H40N2O7. The minimum atomic E-state index is -1.51. The highest BCUT2D eigenvalue weighted by molar-refractivity contribution is 6.04. The van der Waals surface area contributed by atoms with E-state index in [-0.39, 0.29) is 24.4 Å². The van der Waals surface area contributed by atoms with E-state index in [1.54, 1.807) is 86.6 Å². The number of fused-ring (bicyclic) bond motifs is 1. The van der Waals surface area contributed by atoms with E-state index in [2.05, 4.69) is 4.98 Å². The second-order valence-electron chi connectivity index (χ2n) is 12.6. The van der Waals surface area contributed by atoms with Crippen molar-refractivity contribution >= 4 is 34.7 Å². The van der Waals surface area contributed by atoms with Crippen molar-refractivity contribution in [3.05, 3.63) is 35.5 Å². The number of aromatic amines is 1. The van der Waals surface area contributed by atoms with E-state index in [4.69, 9.17) is 14.2 Å². The van der Waals surface area contributed by atoms with Crippen molar-refractivity contribution < 1.29 is 33.4 Å². The molecule has 1 N–H and O–H groups in total. The lowest BCUT2D eigenvalue weighted by Gasteiger charge is -2.36. The zero-order valence-corrected chi connectivity index (χ0v) is 23.9. The summed E-state index contributed by atoms with van der Waals surface area (Å²) >= 11 is 0. The number of nitrogens with one attached hydrogen (secondary N) is 1. The molecule has 1 atom stereocenters. The average molecular weight is 529 g/mol. The number of esters is 2. The van der Waals surface area contributed by atoms with Gasteiger partial charge in [-0.05, 0) is 74.8 Å². The van der Waals surface area contributed by atoms with E-state index in [9.17, 15) is 19.2 Å². The molecule has 0 radical (unpaired) electrons. The zero-order valence-electron chi connectivity index (χ0n) is 23.9. The Kier molecular flexibility index (Phi) is 8.01. The number of rotatable bonds is 4. The molecule has 1 saturated heterocycles. The predicted octanol–water partition coefficient (Wildman–Crippen LogP) is 5.58. The lowest BCUT2D eigenvalue weighted by atomic mass is 9.88. The summed E-state index contributed by atoms with van der Waals surface area (Å²) in [5.41, 5.74) is -1.39. The third-order valence-corrected chi connectivity index (χ3v) is 5.69. The van der Waals surface area contributed by atoms with Crippen LogP contribution < -0.4 is 0 Å². The molecule has 0 aliphatic carbocycles. The van der Waals surface area contributed by atoms with E-state index >= 15 is 0 Å². The average Bonchev–Trinajstić information content (AvgIpc) is 3.08. The maximum atomic E-state index is 13.5. The van der Waals surface area contributed by atoms with Gasteiger partial charge in [-0.3, -0.25) is 19.3 Å². The Hall–Kier alpha value is -3.36. The van der Waals surface area contributed by atoms with Crippen LogP contribution in [0.4, 0.5) is 4.79 Å². The Bertz CT molecular complexity index is 1200. The summed E-state index contributed by atoms with van der Waals surface area (Å²) in [7, 11) is 0. The van der Waals surface area contributed by atoms with Crippen LogP contribution in [0.25, 0.3) is 10.9 Å². The Labute approximate surface area is 224 Å². The Balaban J connectivity index is 2.26. The van der Waals surface area contributed by atoms with Crippen molar-refractivity contribution in [1.82, 2.24) is 9.88 Å². The second-order valence-corrected chi connectivity index (χ2v) is 12.6. The quantitative estimate of drug-likeness (QED) is 0.313. The van der Waals surface area contributed by atoms with Gasteiger partial charge in [0.2, 0.25) is 0 Å². The van der Waals surface area contributed by atoms with Gasteiger partial charge >= 0.3 is 18.0 Å². The molecule has 1 aliphatic rings. The number of hydrogen-bond donors (Lipinski definition) is 1. The molecule has 1 aromatic carbocycles. The van der Waals surface area contributed by atoms with Crippen molar-refractivity contribution in [1.29, 1.82) is 0 Å². The number of ether oxygens (including phenoxy) is 3. The van der Waals surface area contributed by atoms with E-state index in [0.29, 0.717) is 22.9 Å². The first-order valence-electron chi connectivity index (χ1n) is 13.0. The van der Waals surface area contributed by atoms with Gasteiger partial charge in [0.1, 0.15) is 22.8 Å². The third kappa shape index (κ3) is 6.94. The molecule has 1 fully saturated rings. The van der Waals surface area contributed by atoms with Crippen LogP contribution >= 0.6 is 0 Å². The highest BCUT2D eigenvalue weighted by Gasteiger charge is 2.45. The SMILES string of the molecule is CC(C)(C)OC(=O)C(C(=O)OC(C)(C)C)c1[nH]c2ccccc2c1[C@@H]1C(=O)CCCN1C(=O)OC(C)(C)C. The number of para-hydroxylation sites is 1. The monoisotopic (exact) mass is 528 g/mol. The predicted molar refractivity (Wildman–Crippen MR) is 143 cm³/mol. The number of carbonyl (C=O) groups is 4. The van der Waals surface area contributed by atoms with Gasteiger partial charge in [-0.25, -0.2) is 4.79 Å². The molecule has 9 heteroatoms. The van der Waals surface area contributed by atoms with Crippen LogP contribution in [0.3, 0.4) is 0 Å². The molecule has 1 amide bonds. The molecule has 9 nitrogen and oxygen atoms in total. The highest BCUT2D eigenvalue weighted by Crippen LogP contribution is 2.40. The van der Waals surface area contributed by atoms with Gasteiger partial charge in [-0.1, -0.05) is 18.2 Å². The number of aromatic nitrogens is 1. The lowest BCUT2D eigenvalue weighted by Crippen LogP contribution is -2.46. The number of amides is 1. The summed E-state index contributed by atoms with van der Waals surface area (Å²) in [6.07, 6.45) is 0.0816. The Morgan fingerprint density at radius 1 is 0.868 bits per heavy atom. The maximum Gasteiger partial charge on any atom is 0.411 e. The second kappa shape index (κ2) is 10.4. The molecule has 2 aromatic rings. The van der Waals surface area contributed by atoms with E-state index < -0.39 is 46.8 Å². The van der Waals surface area contributed by atoms with E-state index in [1.807, 2.05) is 0 Å². The number of carbonyl (C=O) groups excluding carboxylic acids is 4. The molecule has 208 valence electrons. The summed E-state index contributed by atoms with van der Waals surface area (Å²) in [5, 5.41) is 0.619. The van der Waals surface area contributed by atoms with Crippen LogP contribution in [0.1, 0.15) is 98.4 Å². The fraction of sp³-hybridized carbons (Fsp3) is 0.586. The molecule has 0 spiro atoms. The van der Waals surface area contributed by atoms with Crippen molar-refractivity contribution in [3.63, 3.8) is 0 Å². The number of H-pyrrole nitrogens is 1. The first-order valence-corrected chi connectivity index (χ1v) is 13.0. The molecule has 1 aliphatic heterocycles. The van der Waals surface area contributed by atoms with Crippen LogP contribution in [0, 0.1) is 0 Å². The molecule has 1 aromatic heterocycles. The molecule has 0 unspecified atom stereocenters. The summed E-state index contributed by atoms with van der Waals surface area (Å²) in [4.78, 5) is 58.5. The molecule has 38 heavy (non-hydrogen) atoms. The van der Waals surface area contributed by atoms with Gasteiger partial charge in [0, 0.05) is 35.1 Å². The summed E-state index contributed by atoms with van der Waals surface area (Å²) in [6, 6.07) is 6.12. The number of benzene rings is 1. The fourth-order valence-electron chi connectivity index (χ4n) is 4.46. The largest absolute Gasteiger partial charge is 0.459 e. The normalized spacial score (nSPS) is 17.1. The molecule has 0 bridgehead atoms. The van der Waals surface area contributed by atoms with Crippen LogP contribution in [0.5, 0.6) is 0 Å². The van der Waals surface area contributed by atoms with Gasteiger partial charge in [0.15, 0.2) is 11.7 Å². The number of hydrogen-bond acceptors (Lipinski definition) is 7. The van der Waals surface area contributed by atoms with Crippen molar-refractivity contribution in [2.45, 2.75) is 104 Å². The van der Waals surface area contributed by atoms with Crippen LogP contribution in [0.2, 0.25) is 0 Å². The molecule has 3 rings (SSSR count). The fourth-order valence-corrected chi connectivity index (χ4v) is 4.46. The highest BCUT2D eigenvalue weighted by atomic mass is 16.6. The lowest BCUT2D eigenvalue weighted by molar-refractivity contribution is -0.169. The van der Waals surface area contributed by atoms with E-state index in [0.717, 1.165) is 0 Å². The van der Waals surface area contributed by atoms with Gasteiger partial charge in [-0.2, -0.15) is 0 Å². The first kappa shape index (κ1) is 29.2. The van der Waals surface area contributed by atoms with Crippen molar-refractivity contribution in [3.8, 4) is 0 Å². The van der Waals surface area contributed by atoms with Crippen LogP contribution in [0.15, 0.2) is 24.3 Å². The van der Waals surface area contributed by atoms with Gasteiger partial charge < -0.3 is 19.2 Å². The molecular weight excluding hydrogens is 488 g/mol. The number of ketones is 1. The van der Waals surface area contributed by atoms with Gasteiger partial charge in [0.05, 0.1) is 0 Å². The standard InChI is InChI=1S/C29H40N2O7/c1-27(2,3)36-24(33)21(25(34)37-28(4,5)6)22-20(17-13-10-11-14-18(17)30-22)23-19(32)15-12-16-31(23)26(35)38-29(7,8)9/h10-11,13-14,21,23,30H,12,15-16H2,1-9H3/t23-/m0/s1. The smallest absolute Gasteiger partial charge is 0.411 e. The van der Waals surface area contributed by atoms with Crippen molar-refractivity contribution in [2.75, 3.05) is 6.54 Å². The summed E-state index contributed by atoms with van der Waals surface area (Å²) in [6.45, 7) is 15.8. The zero-order chi connectivity index (χ0) is 28.6. The minimum absolute atomic E-state index is 0.170. The Morgan fingerprint density at radius 3 is 1.92 bits per heavy atom. The minimum Gasteiger partial charge on any atom is -0.459 e. The van der Waals surface area contributed by atoms with Crippen LogP contribution in [-0.2, 0) is 28.6 Å². The van der Waals surface area contributed by atoms with Gasteiger partial charge in [0.25, 0.3) is 0 Å². The van der Waals surface area contributed by atoms with E-state index in [1.165, 1.54) is 4.90 Å². The number of Topliss-reactive ketones (excluding diaryl/α,β-unsaturated/α-hetero) is 1. The Morgan fingerprint density at radius 2 is 1.39 bits per heavy atom. The first-order chi connectivity index (χ1) is 17.4. The number of likely N-dealkylation sites (tertiary alicyclic amines) is 1. The third-order valence-electron chi connectivity index (χ3n) is 5.69. The number of piperidine rings is 1. The molecule has 0 saturated carbocycles. The summed E-state index contributed by atoms with van der Waals surface area (Å²) in [5.74, 6) is -3.34. The topological polar surface area (TPSA) is 115 Å². The van der Waals surface area contributed by atoms with Gasteiger partial charge in [-0.15, -0.1) is 0 Å². The number of nitrogens with zero attached hydrogens (tertiary/aromatic N) is 1.